The summed E-state index contributed by atoms with van der Waals surface area (Å²) in [5.74, 6) is -0.151. The number of carbonyl (C=O) groups excluding carboxylic acids is 2. The summed E-state index contributed by atoms with van der Waals surface area (Å²) in [7, 11) is 0. The molecule has 1 amide bonds. The first-order valence-electron chi connectivity index (χ1n) is 22.2. The number of amides is 1. The van der Waals surface area contributed by atoms with E-state index in [1.54, 1.807) is 0 Å². The molecule has 0 saturated heterocycles. The van der Waals surface area contributed by atoms with Gasteiger partial charge in [-0.15, -0.1) is 0 Å². The SMILES string of the molecule is CCCCCC/C=C\C/C=C\CCCCCCCC(=O)OCCCCCC/C=C\CCCC(=O)NC(CO)C(O)CCCCCCCCCCCC. The smallest absolute Gasteiger partial charge is 0.305 e. The first-order valence-corrected chi connectivity index (χ1v) is 22.2. The molecule has 6 nitrogen and oxygen atoms in total. The fraction of sp³-hybridized carbons (Fsp3) is 0.826. The Morgan fingerprint density at radius 2 is 0.981 bits per heavy atom. The number of rotatable bonds is 40. The zero-order valence-electron chi connectivity index (χ0n) is 34.3. The average molecular weight is 732 g/mol. The van der Waals surface area contributed by atoms with E-state index in [1.807, 2.05) is 0 Å². The Balaban J connectivity index is 3.56. The molecule has 0 bridgehead atoms. The van der Waals surface area contributed by atoms with Crippen molar-refractivity contribution in [3.63, 3.8) is 0 Å². The zero-order chi connectivity index (χ0) is 38.0. The van der Waals surface area contributed by atoms with Crippen LogP contribution in [0.1, 0.15) is 219 Å². The summed E-state index contributed by atoms with van der Waals surface area (Å²) in [4.78, 5) is 24.3. The van der Waals surface area contributed by atoms with Gasteiger partial charge in [-0.3, -0.25) is 9.59 Å². The third-order valence-electron chi connectivity index (χ3n) is 9.91. The zero-order valence-corrected chi connectivity index (χ0v) is 34.3. The maximum Gasteiger partial charge on any atom is 0.305 e. The van der Waals surface area contributed by atoms with Crippen LogP contribution in [0.2, 0.25) is 0 Å². The molecule has 0 fully saturated rings. The standard InChI is InChI=1S/C46H85NO5/c1-3-5-7-9-11-13-15-16-17-18-19-20-24-28-32-36-40-46(51)52-41-37-33-29-25-21-23-27-31-35-39-45(50)47-43(42-48)44(49)38-34-30-26-22-14-12-10-8-6-4-2/h13,15,17-18,23,27,43-44,48-49H,3-12,14,16,19-22,24-26,28-42H2,1-2H3,(H,47,50)/b15-13-,18-17-,27-23-. The van der Waals surface area contributed by atoms with Crippen LogP contribution in [0.5, 0.6) is 0 Å². The van der Waals surface area contributed by atoms with Crippen molar-refractivity contribution in [3.8, 4) is 0 Å². The van der Waals surface area contributed by atoms with Gasteiger partial charge < -0.3 is 20.3 Å². The topological polar surface area (TPSA) is 95.9 Å². The molecule has 0 aliphatic heterocycles. The summed E-state index contributed by atoms with van der Waals surface area (Å²) in [5, 5.41) is 23.0. The number of aliphatic hydroxyl groups is 2. The van der Waals surface area contributed by atoms with Crippen molar-refractivity contribution < 1.29 is 24.5 Å². The highest BCUT2D eigenvalue weighted by molar-refractivity contribution is 5.76. The number of unbranched alkanes of at least 4 members (excludes halogenated alkanes) is 23. The van der Waals surface area contributed by atoms with Crippen LogP contribution in [0.4, 0.5) is 0 Å². The van der Waals surface area contributed by atoms with E-state index in [4.69, 9.17) is 4.74 Å². The maximum atomic E-state index is 12.3. The van der Waals surface area contributed by atoms with E-state index in [1.165, 1.54) is 103 Å². The Kier molecular flexibility index (Phi) is 40.3. The summed E-state index contributed by atoms with van der Waals surface area (Å²) >= 11 is 0. The van der Waals surface area contributed by atoms with Crippen molar-refractivity contribution in [2.45, 2.75) is 231 Å². The minimum Gasteiger partial charge on any atom is -0.466 e. The molecule has 0 aliphatic carbocycles. The normalized spacial score (nSPS) is 13.1. The Morgan fingerprint density at radius 1 is 0.538 bits per heavy atom. The molecule has 0 saturated carbocycles. The molecule has 0 rings (SSSR count). The Hall–Kier alpha value is -1.92. The number of carbonyl (C=O) groups is 2. The Bertz CT molecular complexity index is 854. The van der Waals surface area contributed by atoms with Crippen LogP contribution in [-0.2, 0) is 14.3 Å². The van der Waals surface area contributed by atoms with Crippen LogP contribution < -0.4 is 5.32 Å². The van der Waals surface area contributed by atoms with Crippen molar-refractivity contribution in [1.29, 1.82) is 0 Å². The molecule has 0 radical (unpaired) electrons. The molecule has 0 heterocycles. The van der Waals surface area contributed by atoms with Crippen LogP contribution in [-0.4, -0.2) is 47.4 Å². The second-order valence-electron chi connectivity index (χ2n) is 15.0. The highest BCUT2D eigenvalue weighted by atomic mass is 16.5. The summed E-state index contributed by atoms with van der Waals surface area (Å²) in [6.45, 7) is 4.80. The molecule has 6 heteroatoms. The molecule has 304 valence electrons. The van der Waals surface area contributed by atoms with Crippen molar-refractivity contribution >= 4 is 11.9 Å². The van der Waals surface area contributed by atoms with Gasteiger partial charge in [0.1, 0.15) is 0 Å². The lowest BCUT2D eigenvalue weighted by atomic mass is 10.0. The van der Waals surface area contributed by atoms with E-state index in [9.17, 15) is 19.8 Å². The van der Waals surface area contributed by atoms with Crippen LogP contribution in [0.3, 0.4) is 0 Å². The van der Waals surface area contributed by atoms with Gasteiger partial charge in [0.05, 0.1) is 25.4 Å². The van der Waals surface area contributed by atoms with Gasteiger partial charge in [-0.25, -0.2) is 0 Å². The molecule has 0 spiro atoms. The van der Waals surface area contributed by atoms with Crippen LogP contribution >= 0.6 is 0 Å². The van der Waals surface area contributed by atoms with Gasteiger partial charge in [-0.1, -0.05) is 166 Å². The molecular weight excluding hydrogens is 647 g/mol. The molecule has 0 aromatic carbocycles. The molecule has 0 aromatic rings. The number of esters is 1. The summed E-state index contributed by atoms with van der Waals surface area (Å²) < 4.78 is 5.42. The molecule has 0 aromatic heterocycles. The van der Waals surface area contributed by atoms with Gasteiger partial charge in [0.2, 0.25) is 5.91 Å². The van der Waals surface area contributed by atoms with E-state index in [2.05, 4.69) is 55.6 Å². The number of allylic oxidation sites excluding steroid dienone is 6. The molecule has 2 atom stereocenters. The third-order valence-corrected chi connectivity index (χ3v) is 9.91. The lowest BCUT2D eigenvalue weighted by molar-refractivity contribution is -0.143. The predicted octanol–water partition coefficient (Wildman–Crippen LogP) is 12.6. The predicted molar refractivity (Wildman–Crippen MR) is 222 cm³/mol. The maximum absolute atomic E-state index is 12.3. The Morgan fingerprint density at radius 3 is 1.54 bits per heavy atom. The molecular formula is C46H85NO5. The molecule has 52 heavy (non-hydrogen) atoms. The molecule has 3 N–H and O–H groups in total. The lowest BCUT2D eigenvalue weighted by Gasteiger charge is -2.22. The first-order chi connectivity index (χ1) is 25.5. The van der Waals surface area contributed by atoms with E-state index in [0.717, 1.165) is 83.5 Å². The number of aliphatic hydroxyl groups excluding tert-OH is 2. The van der Waals surface area contributed by atoms with Gasteiger partial charge in [0.15, 0.2) is 0 Å². The van der Waals surface area contributed by atoms with Crippen LogP contribution in [0, 0.1) is 0 Å². The lowest BCUT2D eigenvalue weighted by Crippen LogP contribution is -2.45. The highest BCUT2D eigenvalue weighted by Crippen LogP contribution is 2.14. The summed E-state index contributed by atoms with van der Waals surface area (Å²) in [6.07, 6.45) is 48.2. The Labute approximate surface area is 322 Å². The monoisotopic (exact) mass is 732 g/mol. The minimum atomic E-state index is -0.694. The second kappa shape index (κ2) is 41.8. The van der Waals surface area contributed by atoms with Gasteiger partial charge in [-0.2, -0.15) is 0 Å². The second-order valence-corrected chi connectivity index (χ2v) is 15.0. The van der Waals surface area contributed by atoms with E-state index >= 15 is 0 Å². The molecule has 0 aliphatic rings. The summed E-state index contributed by atoms with van der Waals surface area (Å²) in [6, 6.07) is -0.578. The third kappa shape index (κ3) is 37.8. The quantitative estimate of drug-likeness (QED) is 0.0331. The van der Waals surface area contributed by atoms with Gasteiger partial charge in [0, 0.05) is 12.8 Å². The summed E-state index contributed by atoms with van der Waals surface area (Å²) in [5.41, 5.74) is 0. The van der Waals surface area contributed by atoms with E-state index in [-0.39, 0.29) is 18.5 Å². The first kappa shape index (κ1) is 50.1. The van der Waals surface area contributed by atoms with E-state index in [0.29, 0.717) is 25.9 Å². The number of nitrogens with one attached hydrogen (secondary N) is 1. The van der Waals surface area contributed by atoms with Crippen molar-refractivity contribution in [1.82, 2.24) is 5.32 Å². The molecule has 2 unspecified atom stereocenters. The number of hydrogen-bond acceptors (Lipinski definition) is 5. The number of ether oxygens (including phenoxy) is 1. The van der Waals surface area contributed by atoms with Crippen molar-refractivity contribution in [2.75, 3.05) is 13.2 Å². The van der Waals surface area contributed by atoms with Gasteiger partial charge in [-0.05, 0) is 77.0 Å². The average Bonchev–Trinajstić information content (AvgIpc) is 3.14. The van der Waals surface area contributed by atoms with Crippen molar-refractivity contribution in [2.24, 2.45) is 0 Å². The van der Waals surface area contributed by atoms with Crippen LogP contribution in [0.15, 0.2) is 36.5 Å². The van der Waals surface area contributed by atoms with Gasteiger partial charge in [0.25, 0.3) is 0 Å². The number of hydrogen-bond donors (Lipinski definition) is 3. The van der Waals surface area contributed by atoms with Gasteiger partial charge >= 0.3 is 5.97 Å². The highest BCUT2D eigenvalue weighted by Gasteiger charge is 2.19. The minimum absolute atomic E-state index is 0.0506. The fourth-order valence-corrected chi connectivity index (χ4v) is 6.43. The van der Waals surface area contributed by atoms with E-state index < -0.39 is 12.1 Å². The van der Waals surface area contributed by atoms with Crippen LogP contribution in [0.25, 0.3) is 0 Å². The largest absolute Gasteiger partial charge is 0.466 e. The van der Waals surface area contributed by atoms with Crippen molar-refractivity contribution in [3.05, 3.63) is 36.5 Å². The fourth-order valence-electron chi connectivity index (χ4n) is 6.43.